The number of hydrogen-bond donors (Lipinski definition) is 1. The number of anilines is 1. The molecule has 0 radical (unpaired) electrons. The molecule has 29 heavy (non-hydrogen) atoms. The van der Waals surface area contributed by atoms with Crippen molar-refractivity contribution in [3.8, 4) is 22.4 Å². The zero-order valence-electron chi connectivity index (χ0n) is 17.3. The van der Waals surface area contributed by atoms with Crippen molar-refractivity contribution < 1.29 is 0 Å². The predicted octanol–water partition coefficient (Wildman–Crippen LogP) is 7.09. The lowest BCUT2D eigenvalue weighted by atomic mass is 9.70. The van der Waals surface area contributed by atoms with Crippen LogP contribution in [0.25, 0.3) is 22.4 Å². The van der Waals surface area contributed by atoms with Crippen molar-refractivity contribution in [2.75, 3.05) is 5.43 Å². The van der Waals surface area contributed by atoms with E-state index in [0.29, 0.717) is 5.41 Å². The zero-order chi connectivity index (χ0) is 20.1. The molecule has 3 aromatic rings. The van der Waals surface area contributed by atoms with Gasteiger partial charge < -0.3 is 0 Å². The maximum absolute atomic E-state index is 4.82. The number of hydrogen-bond acceptors (Lipinski definition) is 4. The molecule has 5 rings (SSSR count). The van der Waals surface area contributed by atoms with E-state index in [1.807, 2.05) is 6.07 Å². The third kappa shape index (κ3) is 3.01. The van der Waals surface area contributed by atoms with Crippen LogP contribution in [0.5, 0.6) is 0 Å². The molecule has 0 saturated heterocycles. The number of benzene rings is 2. The molecule has 2 fully saturated rings. The highest BCUT2D eigenvalue weighted by atomic mass is 32.1. The van der Waals surface area contributed by atoms with Gasteiger partial charge in [-0.15, -0.1) is 11.3 Å². The SMILES string of the molecule is CC1(C)[C@H]2CC[C@@]1(C)/C(=N\Nc1nc(-c3ccc(-c4ccccc4)cc3)cs1)C2. The van der Waals surface area contributed by atoms with Crippen molar-refractivity contribution in [1.29, 1.82) is 0 Å². The van der Waals surface area contributed by atoms with Gasteiger partial charge in [0, 0.05) is 22.1 Å². The maximum atomic E-state index is 4.82. The highest BCUT2D eigenvalue weighted by molar-refractivity contribution is 7.14. The average molecular weight is 402 g/mol. The van der Waals surface area contributed by atoms with E-state index in [4.69, 9.17) is 10.1 Å². The third-order valence-electron chi connectivity index (χ3n) is 7.59. The van der Waals surface area contributed by atoms with Crippen LogP contribution >= 0.6 is 11.3 Å². The van der Waals surface area contributed by atoms with Gasteiger partial charge in [-0.05, 0) is 41.7 Å². The Morgan fingerprint density at radius 2 is 1.66 bits per heavy atom. The summed E-state index contributed by atoms with van der Waals surface area (Å²) in [6, 6.07) is 19.1. The van der Waals surface area contributed by atoms with E-state index in [-0.39, 0.29) is 5.41 Å². The monoisotopic (exact) mass is 401 g/mol. The molecular weight excluding hydrogens is 374 g/mol. The summed E-state index contributed by atoms with van der Waals surface area (Å²) in [6.07, 6.45) is 3.71. The Kier molecular flexibility index (Phi) is 4.36. The minimum Gasteiger partial charge on any atom is -0.253 e. The summed E-state index contributed by atoms with van der Waals surface area (Å²) >= 11 is 1.62. The number of hydrazone groups is 1. The van der Waals surface area contributed by atoms with Crippen LogP contribution in [0.15, 0.2) is 65.1 Å². The summed E-state index contributed by atoms with van der Waals surface area (Å²) in [7, 11) is 0. The minimum absolute atomic E-state index is 0.220. The van der Waals surface area contributed by atoms with E-state index in [9.17, 15) is 0 Å². The summed E-state index contributed by atoms with van der Waals surface area (Å²) in [4.78, 5) is 4.77. The fourth-order valence-corrected chi connectivity index (χ4v) is 5.80. The van der Waals surface area contributed by atoms with Crippen LogP contribution in [0.3, 0.4) is 0 Å². The quantitative estimate of drug-likeness (QED) is 0.474. The number of rotatable bonds is 4. The maximum Gasteiger partial charge on any atom is 0.203 e. The number of nitrogens with one attached hydrogen (secondary N) is 1. The van der Waals surface area contributed by atoms with E-state index in [0.717, 1.165) is 28.7 Å². The van der Waals surface area contributed by atoms with Crippen molar-refractivity contribution in [3.05, 3.63) is 60.0 Å². The second kappa shape index (κ2) is 6.81. The van der Waals surface area contributed by atoms with Gasteiger partial charge in [-0.1, -0.05) is 75.4 Å². The van der Waals surface area contributed by atoms with Gasteiger partial charge in [0.1, 0.15) is 0 Å². The molecule has 3 nitrogen and oxygen atoms in total. The Balaban J connectivity index is 1.32. The molecule has 0 spiro atoms. The van der Waals surface area contributed by atoms with Crippen molar-refractivity contribution >= 4 is 22.2 Å². The van der Waals surface area contributed by atoms with Gasteiger partial charge in [0.05, 0.1) is 5.69 Å². The van der Waals surface area contributed by atoms with Crippen LogP contribution < -0.4 is 5.43 Å². The van der Waals surface area contributed by atoms with Crippen LogP contribution in [0.2, 0.25) is 0 Å². The van der Waals surface area contributed by atoms with E-state index in [1.165, 1.54) is 29.7 Å². The van der Waals surface area contributed by atoms with Crippen LogP contribution in [-0.4, -0.2) is 10.7 Å². The summed E-state index contributed by atoms with van der Waals surface area (Å²) < 4.78 is 0. The summed E-state index contributed by atoms with van der Waals surface area (Å²) in [5.41, 5.74) is 9.74. The Hall–Kier alpha value is -2.46. The van der Waals surface area contributed by atoms with Gasteiger partial charge in [-0.2, -0.15) is 5.10 Å². The molecule has 0 amide bonds. The van der Waals surface area contributed by atoms with Crippen LogP contribution in [0, 0.1) is 16.7 Å². The first-order valence-corrected chi connectivity index (χ1v) is 11.3. The minimum atomic E-state index is 0.220. The lowest BCUT2D eigenvalue weighted by Crippen LogP contribution is -2.32. The largest absolute Gasteiger partial charge is 0.253 e. The first-order chi connectivity index (χ1) is 14.0. The van der Waals surface area contributed by atoms with Crippen molar-refractivity contribution in [3.63, 3.8) is 0 Å². The van der Waals surface area contributed by atoms with E-state index in [1.54, 1.807) is 11.3 Å². The Labute approximate surface area is 176 Å². The number of nitrogens with zero attached hydrogens (tertiary/aromatic N) is 2. The lowest BCUT2D eigenvalue weighted by Gasteiger charge is -2.34. The second-order valence-corrected chi connectivity index (χ2v) is 10.0. The highest BCUT2D eigenvalue weighted by Crippen LogP contribution is 2.63. The number of fused-ring (bicyclic) bond motifs is 2. The molecule has 2 bridgehead atoms. The molecule has 2 aromatic carbocycles. The zero-order valence-corrected chi connectivity index (χ0v) is 18.1. The first kappa shape index (κ1) is 18.6. The molecule has 1 heterocycles. The van der Waals surface area contributed by atoms with Gasteiger partial charge in [0.2, 0.25) is 5.13 Å². The highest BCUT2D eigenvalue weighted by Gasteiger charge is 2.59. The molecule has 2 aliphatic rings. The number of thiazole rings is 1. The van der Waals surface area contributed by atoms with Gasteiger partial charge in [-0.25, -0.2) is 4.98 Å². The Bertz CT molecular complexity index is 1050. The standard InChI is InChI=1S/C25H27N3S/c1-24(2)20-13-14-25(24,3)22(15-20)27-28-23-26-21(16-29-23)19-11-9-18(10-12-19)17-7-5-4-6-8-17/h4-12,16,20H,13-15H2,1-3H3,(H,26,28)/b27-22-/t20-,25-/m0/s1. The van der Waals surface area contributed by atoms with E-state index >= 15 is 0 Å². The van der Waals surface area contributed by atoms with Gasteiger partial charge in [0.15, 0.2) is 0 Å². The van der Waals surface area contributed by atoms with Crippen molar-refractivity contribution in [2.24, 2.45) is 21.8 Å². The van der Waals surface area contributed by atoms with Gasteiger partial charge >= 0.3 is 0 Å². The third-order valence-corrected chi connectivity index (χ3v) is 8.34. The van der Waals surface area contributed by atoms with E-state index < -0.39 is 0 Å². The van der Waals surface area contributed by atoms with Gasteiger partial charge in [0.25, 0.3) is 0 Å². The first-order valence-electron chi connectivity index (χ1n) is 10.4. The summed E-state index contributed by atoms with van der Waals surface area (Å²) in [6.45, 7) is 7.21. The Morgan fingerprint density at radius 1 is 0.966 bits per heavy atom. The molecule has 4 heteroatoms. The van der Waals surface area contributed by atoms with E-state index in [2.05, 4.69) is 80.1 Å². The molecule has 2 aliphatic carbocycles. The van der Waals surface area contributed by atoms with Gasteiger partial charge in [-0.3, -0.25) is 5.43 Å². The van der Waals surface area contributed by atoms with Crippen molar-refractivity contribution in [1.82, 2.24) is 4.98 Å². The molecule has 2 atom stereocenters. The van der Waals surface area contributed by atoms with Crippen LogP contribution in [-0.2, 0) is 0 Å². The molecule has 0 aliphatic heterocycles. The molecule has 1 N–H and O–H groups in total. The smallest absolute Gasteiger partial charge is 0.203 e. The molecule has 1 aromatic heterocycles. The second-order valence-electron chi connectivity index (χ2n) is 9.15. The fraction of sp³-hybridized carbons (Fsp3) is 0.360. The topological polar surface area (TPSA) is 37.3 Å². The molecule has 148 valence electrons. The summed E-state index contributed by atoms with van der Waals surface area (Å²) in [5.74, 6) is 0.767. The fourth-order valence-electron chi connectivity index (χ4n) is 5.13. The van der Waals surface area contributed by atoms with Crippen molar-refractivity contribution in [2.45, 2.75) is 40.0 Å². The molecule has 0 unspecified atom stereocenters. The van der Waals surface area contributed by atoms with Crippen LogP contribution in [0.1, 0.15) is 40.0 Å². The van der Waals surface area contributed by atoms with Crippen LogP contribution in [0.4, 0.5) is 5.13 Å². The normalized spacial score (nSPS) is 26.2. The lowest BCUT2D eigenvalue weighted by molar-refractivity contribution is 0.194. The molecule has 2 saturated carbocycles. The predicted molar refractivity (Wildman–Crippen MR) is 123 cm³/mol. The average Bonchev–Trinajstić information content (AvgIpc) is 3.36. The Morgan fingerprint density at radius 3 is 2.31 bits per heavy atom. The molecular formula is C25H27N3S. The number of aromatic nitrogens is 1. The summed E-state index contributed by atoms with van der Waals surface area (Å²) in [5, 5.41) is 7.79.